The fourth-order valence-electron chi connectivity index (χ4n) is 7.54. The quantitative estimate of drug-likeness (QED) is 0.0602. The van der Waals surface area contributed by atoms with E-state index >= 15 is 0 Å². The molecule has 2 aliphatic heterocycles. The molecule has 292 valence electrons. The summed E-state index contributed by atoms with van der Waals surface area (Å²) in [6.07, 6.45) is 6.61. The molecule has 2 heterocycles. The summed E-state index contributed by atoms with van der Waals surface area (Å²) in [6, 6.07) is 32.3. The molecule has 4 aromatic rings. The van der Waals surface area contributed by atoms with Crippen LogP contribution in [0.3, 0.4) is 0 Å². The molecule has 2 aliphatic rings. The second-order valence-corrected chi connectivity index (χ2v) is 14.7. The van der Waals surface area contributed by atoms with Gasteiger partial charge in [0.25, 0.3) is 0 Å². The normalized spacial score (nSPS) is 20.0. The van der Waals surface area contributed by atoms with Crippen LogP contribution < -0.4 is 16.4 Å². The number of likely N-dealkylation sites (tertiary alicyclic amines) is 1. The Hall–Kier alpha value is -4.58. The zero-order valence-electron chi connectivity index (χ0n) is 32.0. The molecule has 55 heavy (non-hydrogen) atoms. The lowest BCUT2D eigenvalue weighted by molar-refractivity contribution is -0.253. The molecule has 0 bridgehead atoms. The number of nitrogens with one attached hydrogen (secondary N) is 2. The zero-order valence-corrected chi connectivity index (χ0v) is 32.0. The van der Waals surface area contributed by atoms with E-state index in [0.717, 1.165) is 91.6 Å². The third kappa shape index (κ3) is 11.7. The summed E-state index contributed by atoms with van der Waals surface area (Å²) in [7, 11) is 1.77. The number of anilines is 2. The number of aliphatic hydroxyl groups excluding tert-OH is 1. The number of hydrogen-bond donors (Lipinski definition) is 4. The smallest absolute Gasteiger partial charge is 0.224 e. The number of hydrogen-bond acceptors (Lipinski definition) is 8. The minimum absolute atomic E-state index is 0.00985. The van der Waals surface area contributed by atoms with E-state index in [0.29, 0.717) is 36.8 Å². The zero-order chi connectivity index (χ0) is 38.4. The number of para-hydroxylation sites is 2. The number of nitrogens with zero attached hydrogens (tertiary/aromatic N) is 1. The molecule has 4 unspecified atom stereocenters. The predicted molar refractivity (Wildman–Crippen MR) is 216 cm³/mol. The number of carbonyl (C=O) groups excluding carboxylic acids is 2. The Bertz CT molecular complexity index is 1820. The molecule has 0 spiro atoms. The van der Waals surface area contributed by atoms with Crippen molar-refractivity contribution in [3.63, 3.8) is 0 Å². The van der Waals surface area contributed by atoms with Gasteiger partial charge in [0, 0.05) is 51.1 Å². The van der Waals surface area contributed by atoms with E-state index in [9.17, 15) is 14.7 Å². The van der Waals surface area contributed by atoms with Gasteiger partial charge in [0.05, 0.1) is 36.8 Å². The van der Waals surface area contributed by atoms with Crippen LogP contribution in [0, 0.1) is 0 Å². The second-order valence-electron chi connectivity index (χ2n) is 14.7. The molecule has 6 rings (SSSR count). The first-order valence-corrected chi connectivity index (χ1v) is 19.7. The summed E-state index contributed by atoms with van der Waals surface area (Å²) in [4.78, 5) is 27.3. The van der Waals surface area contributed by atoms with Crippen LogP contribution in [0.5, 0.6) is 0 Å². The van der Waals surface area contributed by atoms with Crippen molar-refractivity contribution in [3.8, 4) is 11.1 Å². The molecule has 5 N–H and O–H groups in total. The Kier molecular flexibility index (Phi) is 14.8. The first-order valence-electron chi connectivity index (χ1n) is 19.7. The molecule has 2 amide bonds. The van der Waals surface area contributed by atoms with Crippen LogP contribution in [0.2, 0.25) is 0 Å². The molecule has 4 atom stereocenters. The van der Waals surface area contributed by atoms with Crippen molar-refractivity contribution in [1.29, 1.82) is 0 Å². The van der Waals surface area contributed by atoms with Gasteiger partial charge in [-0.05, 0) is 78.2 Å². The first-order chi connectivity index (χ1) is 26.9. The second kappa shape index (κ2) is 20.4. The molecular weight excluding hydrogens is 693 g/mol. The number of rotatable bonds is 18. The monoisotopic (exact) mass is 748 g/mol. The van der Waals surface area contributed by atoms with E-state index in [-0.39, 0.29) is 30.6 Å². The highest BCUT2D eigenvalue weighted by Gasteiger charge is 2.35. The average Bonchev–Trinajstić information content (AvgIpc) is 3.65. The maximum atomic E-state index is 12.6. The number of amides is 2. The number of aliphatic hydroxyl groups is 1. The van der Waals surface area contributed by atoms with Gasteiger partial charge in [0.15, 0.2) is 6.29 Å². The molecule has 10 heteroatoms. The fourth-order valence-corrected chi connectivity index (χ4v) is 7.54. The predicted octanol–water partition coefficient (Wildman–Crippen LogP) is 7.68. The van der Waals surface area contributed by atoms with Crippen LogP contribution in [-0.2, 0) is 37.0 Å². The minimum atomic E-state index is -0.514. The van der Waals surface area contributed by atoms with Gasteiger partial charge >= 0.3 is 0 Å². The topological polar surface area (TPSA) is 135 Å². The van der Waals surface area contributed by atoms with Crippen LogP contribution in [-0.4, -0.2) is 60.8 Å². The highest BCUT2D eigenvalue weighted by atomic mass is 16.7. The van der Waals surface area contributed by atoms with Crippen molar-refractivity contribution in [3.05, 3.63) is 119 Å². The summed E-state index contributed by atoms with van der Waals surface area (Å²) < 4.78 is 18.8. The van der Waals surface area contributed by atoms with Crippen molar-refractivity contribution in [2.45, 2.75) is 95.5 Å². The van der Waals surface area contributed by atoms with Crippen LogP contribution in [0.15, 0.2) is 97.1 Å². The minimum Gasteiger partial charge on any atom is -0.397 e. The molecule has 0 aromatic heterocycles. The summed E-state index contributed by atoms with van der Waals surface area (Å²) in [5.41, 5.74) is 13.2. The van der Waals surface area contributed by atoms with E-state index in [1.54, 1.807) is 19.2 Å². The lowest BCUT2D eigenvalue weighted by Crippen LogP contribution is -2.42. The van der Waals surface area contributed by atoms with E-state index < -0.39 is 6.29 Å². The number of unbranched alkanes of at least 4 members (excludes halogenated alkanes) is 3. The lowest BCUT2D eigenvalue weighted by Gasteiger charge is -2.38. The van der Waals surface area contributed by atoms with Crippen molar-refractivity contribution in [2.24, 2.45) is 0 Å². The lowest BCUT2D eigenvalue weighted by atomic mass is 9.98. The number of benzene rings is 4. The highest BCUT2D eigenvalue weighted by molar-refractivity contribution is 5.93. The van der Waals surface area contributed by atoms with Crippen LogP contribution in [0.4, 0.5) is 11.4 Å². The summed E-state index contributed by atoms with van der Waals surface area (Å²) in [6.45, 7) is 3.07. The molecule has 2 saturated heterocycles. The standard InChI is InChI=1S/C45H56N4O6/c1-53-31-38-12-9-25-49(38)29-39-27-42(35-19-17-32(30-50)18-20-35)55-45(54-39)36-23-21-34(22-24-36)37-11-8-10-33(26-37)28-47-43(51)15-4-2-3-5-16-44(52)48-41-14-7-6-13-40(41)46/h6-8,10-11,13-14,17-24,26,38-39,42,45,50H,2-5,9,12,15-16,25,27-31,46H2,1H3,(H,47,51)(H,48,52). The van der Waals surface area contributed by atoms with Gasteiger partial charge in [0.2, 0.25) is 11.8 Å². The van der Waals surface area contributed by atoms with Crippen molar-refractivity contribution in [2.75, 3.05) is 37.9 Å². The Morgan fingerprint density at radius 1 is 0.836 bits per heavy atom. The highest BCUT2D eigenvalue weighted by Crippen LogP contribution is 2.39. The maximum Gasteiger partial charge on any atom is 0.224 e. The molecule has 2 fully saturated rings. The Balaban J connectivity index is 0.984. The third-order valence-electron chi connectivity index (χ3n) is 10.6. The van der Waals surface area contributed by atoms with E-state index in [2.05, 4.69) is 51.9 Å². The molecule has 0 aliphatic carbocycles. The van der Waals surface area contributed by atoms with Gasteiger partial charge in [-0.25, -0.2) is 0 Å². The largest absolute Gasteiger partial charge is 0.397 e. The molecule has 0 radical (unpaired) electrons. The fraction of sp³-hybridized carbons (Fsp3) is 0.422. The maximum absolute atomic E-state index is 12.6. The van der Waals surface area contributed by atoms with Gasteiger partial charge in [-0.3, -0.25) is 14.5 Å². The van der Waals surface area contributed by atoms with Gasteiger partial charge in [-0.2, -0.15) is 0 Å². The number of ether oxygens (including phenoxy) is 3. The number of methoxy groups -OCH3 is 1. The number of carbonyl (C=O) groups is 2. The molecule has 0 saturated carbocycles. The summed E-state index contributed by atoms with van der Waals surface area (Å²) >= 11 is 0. The van der Waals surface area contributed by atoms with E-state index in [1.165, 1.54) is 6.42 Å². The van der Waals surface area contributed by atoms with Gasteiger partial charge < -0.3 is 35.7 Å². The van der Waals surface area contributed by atoms with Gasteiger partial charge in [0.1, 0.15) is 0 Å². The third-order valence-corrected chi connectivity index (χ3v) is 10.6. The Morgan fingerprint density at radius 3 is 2.33 bits per heavy atom. The molecular formula is C45H56N4O6. The van der Waals surface area contributed by atoms with Crippen LogP contribution in [0.1, 0.15) is 92.4 Å². The number of nitrogens with two attached hydrogens (primary N) is 1. The molecule has 10 nitrogen and oxygen atoms in total. The van der Waals surface area contributed by atoms with Crippen LogP contribution >= 0.6 is 0 Å². The number of nitrogen functional groups attached to an aromatic ring is 1. The van der Waals surface area contributed by atoms with Crippen molar-refractivity contribution < 1.29 is 28.9 Å². The van der Waals surface area contributed by atoms with Crippen LogP contribution in [0.25, 0.3) is 11.1 Å². The van der Waals surface area contributed by atoms with E-state index in [4.69, 9.17) is 19.9 Å². The molecule has 4 aromatic carbocycles. The average molecular weight is 749 g/mol. The van der Waals surface area contributed by atoms with Gasteiger partial charge in [-0.1, -0.05) is 91.7 Å². The van der Waals surface area contributed by atoms with Crippen molar-refractivity contribution in [1.82, 2.24) is 10.2 Å². The SMILES string of the molecule is COCC1CCCN1CC1CC(c2ccc(CO)cc2)OC(c2ccc(-c3cccc(CNC(=O)CCCCCCC(=O)Nc4ccccc4N)c3)cc2)O1. The van der Waals surface area contributed by atoms with E-state index in [1.807, 2.05) is 48.5 Å². The summed E-state index contributed by atoms with van der Waals surface area (Å²) in [5, 5.41) is 15.5. The first kappa shape index (κ1) is 40.1. The van der Waals surface area contributed by atoms with Gasteiger partial charge in [-0.15, -0.1) is 0 Å². The Labute approximate surface area is 325 Å². The summed E-state index contributed by atoms with van der Waals surface area (Å²) in [5.74, 6) is -0.0187. The van der Waals surface area contributed by atoms with Crippen molar-refractivity contribution >= 4 is 23.2 Å². The Morgan fingerprint density at radius 2 is 1.58 bits per heavy atom.